The fourth-order valence-corrected chi connectivity index (χ4v) is 7.94. The van der Waals surface area contributed by atoms with Gasteiger partial charge in [0.1, 0.15) is 0 Å². The number of carbonyl (C=O) groups is 3. The molecule has 0 heterocycles. The SMILES string of the molecule is CCCCCCCCCCCCCCCCCC(=O)O.CCCCCCCCCCCCCCCCCC(=O)O.CCCCCCCCCCCCCCCCCC(=O)O.[Ru]. The van der Waals surface area contributed by atoms with Crippen molar-refractivity contribution in [2.45, 2.75) is 329 Å². The van der Waals surface area contributed by atoms with Crippen LogP contribution in [-0.4, -0.2) is 33.2 Å². The first-order chi connectivity index (χ1) is 29.3. The van der Waals surface area contributed by atoms with Crippen molar-refractivity contribution in [1.29, 1.82) is 0 Å². The first-order valence-corrected chi connectivity index (χ1v) is 27.0. The van der Waals surface area contributed by atoms with Gasteiger partial charge >= 0.3 is 17.9 Å². The molecule has 3 N–H and O–H groups in total. The zero-order chi connectivity index (χ0) is 44.7. The Morgan fingerprint density at radius 2 is 0.311 bits per heavy atom. The smallest absolute Gasteiger partial charge is 0.303 e. The zero-order valence-electron chi connectivity index (χ0n) is 41.4. The number of aliphatic carboxylic acids is 3. The van der Waals surface area contributed by atoms with Crippen LogP contribution < -0.4 is 0 Å². The molecule has 0 unspecified atom stereocenters. The van der Waals surface area contributed by atoms with Crippen molar-refractivity contribution in [2.75, 3.05) is 0 Å². The van der Waals surface area contributed by atoms with Gasteiger partial charge in [0.25, 0.3) is 0 Å². The van der Waals surface area contributed by atoms with Gasteiger partial charge in [-0.05, 0) is 19.3 Å². The second-order valence-corrected chi connectivity index (χ2v) is 18.3. The van der Waals surface area contributed by atoms with Crippen LogP contribution in [-0.2, 0) is 33.9 Å². The molecule has 0 radical (unpaired) electrons. The number of carboxylic acids is 3. The summed E-state index contributed by atoms with van der Waals surface area (Å²) in [6.07, 6.45) is 60.6. The van der Waals surface area contributed by atoms with Gasteiger partial charge in [0, 0.05) is 38.7 Å². The maximum absolute atomic E-state index is 10.3. The summed E-state index contributed by atoms with van der Waals surface area (Å²) in [6.45, 7) is 6.81. The molecule has 0 saturated carbocycles. The summed E-state index contributed by atoms with van der Waals surface area (Å²) in [5.41, 5.74) is 0. The van der Waals surface area contributed by atoms with Crippen LogP contribution in [0.2, 0.25) is 0 Å². The molecule has 0 aromatic heterocycles. The molecule has 0 rings (SSSR count). The minimum atomic E-state index is -0.653. The summed E-state index contributed by atoms with van der Waals surface area (Å²) in [6, 6.07) is 0. The third-order valence-electron chi connectivity index (χ3n) is 12.0. The van der Waals surface area contributed by atoms with E-state index in [2.05, 4.69) is 20.8 Å². The van der Waals surface area contributed by atoms with E-state index < -0.39 is 17.9 Å². The number of unbranched alkanes of at least 4 members (excludes halogenated alkanes) is 42. The molecular weight excluding hydrogens is 846 g/mol. The van der Waals surface area contributed by atoms with Crippen molar-refractivity contribution in [3.8, 4) is 0 Å². The molecule has 0 fully saturated rings. The molecule has 0 aliphatic rings. The Morgan fingerprint density at radius 3 is 0.410 bits per heavy atom. The number of hydrogen-bond donors (Lipinski definition) is 3. The molecule has 0 bridgehead atoms. The fourth-order valence-electron chi connectivity index (χ4n) is 7.94. The second-order valence-electron chi connectivity index (χ2n) is 18.3. The topological polar surface area (TPSA) is 112 Å². The molecule has 61 heavy (non-hydrogen) atoms. The van der Waals surface area contributed by atoms with Gasteiger partial charge in [-0.15, -0.1) is 0 Å². The summed E-state index contributed by atoms with van der Waals surface area (Å²) in [7, 11) is 0. The van der Waals surface area contributed by atoms with Crippen LogP contribution in [0.5, 0.6) is 0 Å². The Hall–Kier alpha value is -0.967. The third kappa shape index (κ3) is 76.7. The molecule has 368 valence electrons. The van der Waals surface area contributed by atoms with Gasteiger partial charge in [0.05, 0.1) is 0 Å². The van der Waals surface area contributed by atoms with Crippen molar-refractivity contribution >= 4 is 17.9 Å². The maximum atomic E-state index is 10.3. The van der Waals surface area contributed by atoms with E-state index >= 15 is 0 Å². The Balaban J connectivity index is -0.000000396. The van der Waals surface area contributed by atoms with Gasteiger partial charge in [-0.25, -0.2) is 0 Å². The molecular formula is C54H108O6Ru. The monoisotopic (exact) mass is 955 g/mol. The molecule has 0 amide bonds. The first-order valence-electron chi connectivity index (χ1n) is 27.0. The van der Waals surface area contributed by atoms with E-state index in [1.807, 2.05) is 0 Å². The van der Waals surface area contributed by atoms with Crippen molar-refractivity contribution in [3.63, 3.8) is 0 Å². The van der Waals surface area contributed by atoms with Crippen molar-refractivity contribution in [1.82, 2.24) is 0 Å². The molecule has 7 heteroatoms. The summed E-state index contributed by atoms with van der Waals surface area (Å²) >= 11 is 0. The van der Waals surface area contributed by atoms with E-state index in [1.165, 1.54) is 250 Å². The van der Waals surface area contributed by atoms with Gasteiger partial charge in [0.2, 0.25) is 0 Å². The summed E-state index contributed by atoms with van der Waals surface area (Å²) < 4.78 is 0. The second kappa shape index (κ2) is 63.3. The Kier molecular flexibility index (Phi) is 69.2. The summed E-state index contributed by atoms with van der Waals surface area (Å²) in [4.78, 5) is 31.0. The number of rotatable bonds is 48. The Bertz CT molecular complexity index is 717. The molecule has 0 aliphatic heterocycles. The average molecular weight is 955 g/mol. The summed E-state index contributed by atoms with van der Waals surface area (Å²) in [5.74, 6) is -1.96. The van der Waals surface area contributed by atoms with Crippen LogP contribution in [0.1, 0.15) is 329 Å². The van der Waals surface area contributed by atoms with E-state index in [4.69, 9.17) is 15.3 Å². The van der Waals surface area contributed by atoms with E-state index in [0.717, 1.165) is 38.5 Å². The zero-order valence-corrected chi connectivity index (χ0v) is 43.1. The normalized spacial score (nSPS) is 10.7. The predicted octanol–water partition coefficient (Wildman–Crippen LogP) is 19.0. The van der Waals surface area contributed by atoms with Crippen LogP contribution in [0.3, 0.4) is 0 Å². The minimum absolute atomic E-state index is 0. The Morgan fingerprint density at radius 1 is 0.213 bits per heavy atom. The van der Waals surface area contributed by atoms with Crippen molar-refractivity contribution in [3.05, 3.63) is 0 Å². The van der Waals surface area contributed by atoms with Crippen molar-refractivity contribution in [2.24, 2.45) is 0 Å². The van der Waals surface area contributed by atoms with Crippen molar-refractivity contribution < 1.29 is 49.2 Å². The largest absolute Gasteiger partial charge is 0.481 e. The summed E-state index contributed by atoms with van der Waals surface area (Å²) in [5, 5.41) is 25.6. The van der Waals surface area contributed by atoms with E-state index in [0.29, 0.717) is 19.3 Å². The van der Waals surface area contributed by atoms with Crippen LogP contribution in [0.15, 0.2) is 0 Å². The molecule has 0 aliphatic carbocycles. The van der Waals surface area contributed by atoms with Crippen LogP contribution in [0.4, 0.5) is 0 Å². The molecule has 0 spiro atoms. The molecule has 6 nitrogen and oxygen atoms in total. The quantitative estimate of drug-likeness (QED) is 0.0414. The van der Waals surface area contributed by atoms with Gasteiger partial charge in [-0.1, -0.05) is 290 Å². The molecule has 0 aromatic carbocycles. The van der Waals surface area contributed by atoms with E-state index in [1.54, 1.807) is 0 Å². The van der Waals surface area contributed by atoms with Crippen LogP contribution in [0.25, 0.3) is 0 Å². The standard InChI is InChI=1S/3C18H36O2.Ru/c3*1-2-3-4-5-6-7-8-9-10-11-12-13-14-15-16-17-18(19)20;/h3*2-17H2,1H3,(H,19,20);. The number of carboxylic acid groups (broad SMARTS) is 3. The molecule has 0 atom stereocenters. The maximum Gasteiger partial charge on any atom is 0.303 e. The third-order valence-corrected chi connectivity index (χ3v) is 12.0. The number of hydrogen-bond acceptors (Lipinski definition) is 3. The molecule has 0 saturated heterocycles. The first kappa shape index (κ1) is 66.6. The van der Waals surface area contributed by atoms with Gasteiger partial charge in [-0.3, -0.25) is 14.4 Å². The van der Waals surface area contributed by atoms with Crippen LogP contribution >= 0.6 is 0 Å². The van der Waals surface area contributed by atoms with Gasteiger partial charge in [0.15, 0.2) is 0 Å². The van der Waals surface area contributed by atoms with Gasteiger partial charge < -0.3 is 15.3 Å². The Labute approximate surface area is 394 Å². The van der Waals surface area contributed by atoms with E-state index in [9.17, 15) is 14.4 Å². The van der Waals surface area contributed by atoms with E-state index in [-0.39, 0.29) is 19.5 Å². The predicted molar refractivity (Wildman–Crippen MR) is 262 cm³/mol. The fraction of sp³-hybridized carbons (Fsp3) is 0.944. The molecule has 0 aromatic rings. The minimum Gasteiger partial charge on any atom is -0.481 e. The average Bonchev–Trinajstić information content (AvgIpc) is 3.22. The van der Waals surface area contributed by atoms with Crippen LogP contribution in [0, 0.1) is 0 Å². The van der Waals surface area contributed by atoms with Gasteiger partial charge in [-0.2, -0.15) is 0 Å².